The topological polar surface area (TPSA) is 52.7 Å². The fourth-order valence-electron chi connectivity index (χ4n) is 2.77. The van der Waals surface area contributed by atoms with Crippen molar-refractivity contribution in [1.29, 1.82) is 0 Å². The highest BCUT2D eigenvalue weighted by atomic mass is 16.2. The third-order valence-corrected chi connectivity index (χ3v) is 4.12. The number of amides is 2. The molecule has 0 aromatic heterocycles. The molecule has 1 saturated heterocycles. The Morgan fingerprint density at radius 1 is 1.29 bits per heavy atom. The summed E-state index contributed by atoms with van der Waals surface area (Å²) in [5.41, 5.74) is 1.60. The Hall–Kier alpha value is -2.04. The third-order valence-electron chi connectivity index (χ3n) is 4.12. The molecule has 1 heterocycles. The molecule has 1 aliphatic rings. The van der Waals surface area contributed by atoms with Gasteiger partial charge in [0.1, 0.15) is 5.54 Å². The molecule has 0 radical (unpaired) electrons. The normalized spacial score (nSPS) is 17.9. The summed E-state index contributed by atoms with van der Waals surface area (Å²) >= 11 is 0. The molecule has 0 spiro atoms. The third kappa shape index (κ3) is 2.60. The van der Waals surface area contributed by atoms with E-state index >= 15 is 0 Å². The van der Waals surface area contributed by atoms with Crippen LogP contribution in [0.1, 0.15) is 29.8 Å². The minimum atomic E-state index is -0.821. The van der Waals surface area contributed by atoms with Crippen LogP contribution in [-0.4, -0.2) is 54.3 Å². The number of anilines is 1. The number of benzene rings is 1. The molecule has 114 valence electrons. The number of hydrogen-bond acceptors (Lipinski definition) is 3. The second-order valence-electron chi connectivity index (χ2n) is 6.04. The molecule has 1 fully saturated rings. The van der Waals surface area contributed by atoms with Crippen LogP contribution < -0.4 is 5.32 Å². The Morgan fingerprint density at radius 2 is 1.95 bits per heavy atom. The van der Waals surface area contributed by atoms with Crippen molar-refractivity contribution in [2.75, 3.05) is 32.5 Å². The van der Waals surface area contributed by atoms with E-state index in [9.17, 15) is 9.59 Å². The summed E-state index contributed by atoms with van der Waals surface area (Å²) in [6.45, 7) is 6.67. The Labute approximate surface area is 125 Å². The molecular formula is C16H23N3O2. The number of carbonyl (C=O) groups excluding carboxylic acids is 2. The quantitative estimate of drug-likeness (QED) is 0.902. The van der Waals surface area contributed by atoms with Crippen molar-refractivity contribution in [3.63, 3.8) is 0 Å². The van der Waals surface area contributed by atoms with E-state index in [4.69, 9.17) is 0 Å². The summed E-state index contributed by atoms with van der Waals surface area (Å²) in [7, 11) is 3.57. The maximum Gasteiger partial charge on any atom is 0.256 e. The van der Waals surface area contributed by atoms with Gasteiger partial charge in [-0.15, -0.1) is 0 Å². The van der Waals surface area contributed by atoms with Gasteiger partial charge in [0.2, 0.25) is 5.91 Å². The molecule has 0 unspecified atom stereocenters. The van der Waals surface area contributed by atoms with Crippen LogP contribution in [0.3, 0.4) is 0 Å². The lowest BCUT2D eigenvalue weighted by molar-refractivity contribution is -0.144. The van der Waals surface area contributed by atoms with Gasteiger partial charge in [-0.3, -0.25) is 9.59 Å². The van der Waals surface area contributed by atoms with Crippen molar-refractivity contribution < 1.29 is 9.59 Å². The number of hydrogen-bond donors (Lipinski definition) is 1. The summed E-state index contributed by atoms with van der Waals surface area (Å²) < 4.78 is 0. The minimum absolute atomic E-state index is 0.0271. The molecule has 0 aliphatic carbocycles. The Balaban J connectivity index is 2.40. The molecule has 0 bridgehead atoms. The number of nitrogens with zero attached hydrogens (tertiary/aromatic N) is 2. The second kappa shape index (κ2) is 5.39. The Bertz CT molecular complexity index is 581. The number of likely N-dealkylation sites (N-methyl/N-ethyl adjacent to an activating group) is 1. The number of rotatable bonds is 2. The van der Waals surface area contributed by atoms with E-state index < -0.39 is 5.54 Å². The highest BCUT2D eigenvalue weighted by Crippen LogP contribution is 2.27. The first kappa shape index (κ1) is 15.4. The predicted molar refractivity (Wildman–Crippen MR) is 83.5 cm³/mol. The number of aryl methyl sites for hydroxylation is 1. The van der Waals surface area contributed by atoms with Crippen molar-refractivity contribution in [2.24, 2.45) is 0 Å². The van der Waals surface area contributed by atoms with E-state index in [2.05, 4.69) is 5.32 Å². The zero-order chi connectivity index (χ0) is 15.8. The van der Waals surface area contributed by atoms with Crippen molar-refractivity contribution in [2.45, 2.75) is 26.3 Å². The van der Waals surface area contributed by atoms with Gasteiger partial charge in [-0.1, -0.05) is 11.6 Å². The van der Waals surface area contributed by atoms with Gasteiger partial charge in [-0.2, -0.15) is 0 Å². The molecule has 1 aliphatic heterocycles. The molecule has 2 amide bonds. The summed E-state index contributed by atoms with van der Waals surface area (Å²) in [4.78, 5) is 28.6. The smallest absolute Gasteiger partial charge is 0.256 e. The van der Waals surface area contributed by atoms with Gasteiger partial charge in [-0.05, 0) is 32.9 Å². The molecule has 2 rings (SSSR count). The molecule has 1 N–H and O–H groups in total. The molecule has 1 aromatic rings. The van der Waals surface area contributed by atoms with Gasteiger partial charge in [-0.25, -0.2) is 0 Å². The summed E-state index contributed by atoms with van der Waals surface area (Å²) in [6, 6.07) is 5.73. The fraction of sp³-hybridized carbons (Fsp3) is 0.500. The van der Waals surface area contributed by atoms with Crippen LogP contribution in [0.4, 0.5) is 5.69 Å². The molecule has 5 nitrogen and oxygen atoms in total. The van der Waals surface area contributed by atoms with Crippen molar-refractivity contribution in [3.05, 3.63) is 29.3 Å². The molecule has 21 heavy (non-hydrogen) atoms. The predicted octanol–water partition coefficient (Wildman–Crippen LogP) is 1.73. The zero-order valence-corrected chi connectivity index (χ0v) is 13.4. The van der Waals surface area contributed by atoms with Crippen molar-refractivity contribution >= 4 is 17.5 Å². The van der Waals surface area contributed by atoms with Crippen molar-refractivity contribution in [3.8, 4) is 0 Å². The number of carbonyl (C=O) groups is 2. The lowest BCUT2D eigenvalue weighted by Crippen LogP contribution is -2.63. The van der Waals surface area contributed by atoms with Crippen LogP contribution in [-0.2, 0) is 4.79 Å². The fourth-order valence-corrected chi connectivity index (χ4v) is 2.77. The van der Waals surface area contributed by atoms with Crippen LogP contribution >= 0.6 is 0 Å². The second-order valence-corrected chi connectivity index (χ2v) is 6.04. The molecule has 0 atom stereocenters. The van der Waals surface area contributed by atoms with Crippen LogP contribution in [0.15, 0.2) is 18.2 Å². The average Bonchev–Trinajstić information content (AvgIpc) is 2.44. The van der Waals surface area contributed by atoms with E-state index in [1.807, 2.05) is 25.1 Å². The Morgan fingerprint density at radius 3 is 2.57 bits per heavy atom. The van der Waals surface area contributed by atoms with Gasteiger partial charge in [0.05, 0.1) is 5.56 Å². The lowest BCUT2D eigenvalue weighted by Gasteiger charge is -2.44. The van der Waals surface area contributed by atoms with E-state index in [0.29, 0.717) is 18.7 Å². The maximum absolute atomic E-state index is 12.9. The Kier molecular flexibility index (Phi) is 3.94. The lowest BCUT2D eigenvalue weighted by atomic mass is 9.96. The van der Waals surface area contributed by atoms with Crippen LogP contribution in [0.5, 0.6) is 0 Å². The molecule has 5 heteroatoms. The number of nitrogens with one attached hydrogen (secondary N) is 1. The zero-order valence-electron chi connectivity index (χ0n) is 13.4. The van der Waals surface area contributed by atoms with Gasteiger partial charge < -0.3 is 15.1 Å². The van der Waals surface area contributed by atoms with Crippen LogP contribution in [0.25, 0.3) is 0 Å². The summed E-state index contributed by atoms with van der Waals surface area (Å²) in [5.74, 6) is -0.129. The standard InChI is InChI=1S/C16H23N3O2/c1-11-6-7-13(17-4)12(10-11)14(20)19-9-8-18(5)15(21)16(19,2)3/h6-7,10,17H,8-9H2,1-5H3. The van der Waals surface area contributed by atoms with Crippen LogP contribution in [0.2, 0.25) is 0 Å². The first-order chi connectivity index (χ1) is 9.78. The molecular weight excluding hydrogens is 266 g/mol. The van der Waals surface area contributed by atoms with Crippen molar-refractivity contribution in [1.82, 2.24) is 9.80 Å². The van der Waals surface area contributed by atoms with Gasteiger partial charge >= 0.3 is 0 Å². The first-order valence-electron chi connectivity index (χ1n) is 7.15. The SMILES string of the molecule is CNc1ccc(C)cc1C(=O)N1CCN(C)C(=O)C1(C)C. The molecule has 1 aromatic carbocycles. The summed E-state index contributed by atoms with van der Waals surface area (Å²) in [6.07, 6.45) is 0. The van der Waals surface area contributed by atoms with Gasteiger partial charge in [0.25, 0.3) is 5.91 Å². The highest BCUT2D eigenvalue weighted by molar-refractivity contribution is 6.03. The first-order valence-corrected chi connectivity index (χ1v) is 7.15. The van der Waals surface area contributed by atoms with Gasteiger partial charge in [0.15, 0.2) is 0 Å². The maximum atomic E-state index is 12.9. The summed E-state index contributed by atoms with van der Waals surface area (Å²) in [5, 5.41) is 3.05. The average molecular weight is 289 g/mol. The highest BCUT2D eigenvalue weighted by Gasteiger charge is 2.43. The molecule has 0 saturated carbocycles. The van der Waals surface area contributed by atoms with E-state index in [1.165, 1.54) is 0 Å². The van der Waals surface area contributed by atoms with E-state index in [-0.39, 0.29) is 11.8 Å². The number of piperazine rings is 1. The van der Waals surface area contributed by atoms with E-state index in [1.54, 1.807) is 37.7 Å². The van der Waals surface area contributed by atoms with E-state index in [0.717, 1.165) is 11.3 Å². The van der Waals surface area contributed by atoms with Gasteiger partial charge in [0, 0.05) is 32.9 Å². The monoisotopic (exact) mass is 289 g/mol. The largest absolute Gasteiger partial charge is 0.387 e. The van der Waals surface area contributed by atoms with Crippen LogP contribution in [0, 0.1) is 6.92 Å². The minimum Gasteiger partial charge on any atom is -0.387 e.